The van der Waals surface area contributed by atoms with Gasteiger partial charge in [-0.3, -0.25) is 0 Å². The van der Waals surface area contributed by atoms with E-state index in [2.05, 4.69) is 12.3 Å². The minimum absolute atomic E-state index is 0. The molecule has 0 aliphatic carbocycles. The second-order valence-corrected chi connectivity index (χ2v) is 3.56. The molecule has 1 aromatic rings. The predicted molar refractivity (Wildman–Crippen MR) is 58.4 cm³/mol. The smallest absolute Gasteiger partial charge is 0.512 e. The SMILES string of the molecule is [C-]#N.[CH2-]CC1(C)OCCO1.[Cu+].[Li+].[Li+].[c-]1cccs1. The van der Waals surface area contributed by atoms with Crippen LogP contribution in [0.4, 0.5) is 0 Å². The molecule has 0 atom stereocenters. The zero-order valence-corrected chi connectivity index (χ0v) is 12.8. The fourth-order valence-electron chi connectivity index (χ4n) is 0.898. The summed E-state index contributed by atoms with van der Waals surface area (Å²) in [6, 6.07) is 3.86. The van der Waals surface area contributed by atoms with Gasteiger partial charge < -0.3 is 39.6 Å². The standard InChI is InChI=1S/C6H11O2.C4H3S.CN.Cu.2Li/c1-3-6(2)7-4-5-8-6;1-2-4-5-3-1;1-2;;;/h1,3-5H2,2H3;1-3H;;;;/q3*-1;3*+1. The average Bonchev–Trinajstić information content (AvgIpc) is 2.95. The summed E-state index contributed by atoms with van der Waals surface area (Å²) in [5, 5.41) is 11.1. The number of ether oxygens (including phenoxy) is 2. The number of hydrogen-bond donors (Lipinski definition) is 0. The van der Waals surface area contributed by atoms with Crippen LogP contribution in [0.15, 0.2) is 17.5 Å². The van der Waals surface area contributed by atoms with Crippen molar-refractivity contribution < 1.29 is 64.3 Å². The minimum Gasteiger partial charge on any atom is -0.512 e. The molecule has 7 heteroatoms. The fourth-order valence-corrected chi connectivity index (χ4v) is 1.29. The summed E-state index contributed by atoms with van der Waals surface area (Å²) in [5.74, 6) is -0.375. The number of hydrogen-bond acceptors (Lipinski definition) is 4. The number of thiophene rings is 1. The van der Waals surface area contributed by atoms with Gasteiger partial charge in [-0.25, -0.2) is 6.07 Å². The molecule has 0 spiro atoms. The van der Waals surface area contributed by atoms with Gasteiger partial charge in [0.2, 0.25) is 0 Å². The summed E-state index contributed by atoms with van der Waals surface area (Å²) in [4.78, 5) is 0. The molecule has 1 fully saturated rings. The molecule has 1 saturated heterocycles. The van der Waals surface area contributed by atoms with Crippen molar-refractivity contribution in [3.8, 4) is 0 Å². The molecule has 2 heterocycles. The Balaban J connectivity index is -0.0000000873. The summed E-state index contributed by atoms with van der Waals surface area (Å²) in [7, 11) is 0. The van der Waals surface area contributed by atoms with Gasteiger partial charge in [0.1, 0.15) is 5.79 Å². The first kappa shape index (κ1) is 27.2. The van der Waals surface area contributed by atoms with E-state index in [1.165, 1.54) is 0 Å². The summed E-state index contributed by atoms with van der Waals surface area (Å²) in [6.07, 6.45) is 0.688. The summed E-state index contributed by atoms with van der Waals surface area (Å²) < 4.78 is 10.4. The van der Waals surface area contributed by atoms with Crippen LogP contribution < -0.4 is 37.7 Å². The second kappa shape index (κ2) is 17.8. The Hall–Kier alpha value is 0.824. The van der Waals surface area contributed by atoms with Crippen molar-refractivity contribution in [3.63, 3.8) is 0 Å². The molecule has 94 valence electrons. The van der Waals surface area contributed by atoms with E-state index < -0.39 is 0 Å². The van der Waals surface area contributed by atoms with Crippen LogP contribution in [0.5, 0.6) is 0 Å². The molecule has 2 rings (SSSR count). The van der Waals surface area contributed by atoms with Gasteiger partial charge in [0.15, 0.2) is 0 Å². The van der Waals surface area contributed by atoms with E-state index in [0.717, 1.165) is 0 Å². The number of rotatable bonds is 1. The van der Waals surface area contributed by atoms with Crippen molar-refractivity contribution in [2.75, 3.05) is 13.2 Å². The first-order valence-electron chi connectivity index (χ1n) is 4.46. The molecule has 0 radical (unpaired) electrons. The average molecular weight is 302 g/mol. The Morgan fingerprint density at radius 2 is 1.89 bits per heavy atom. The largest absolute Gasteiger partial charge is 1.00 e. The molecule has 0 aromatic carbocycles. The third-order valence-electron chi connectivity index (χ3n) is 1.73. The first-order valence-corrected chi connectivity index (χ1v) is 5.34. The predicted octanol–water partition coefficient (Wildman–Crippen LogP) is -3.38. The van der Waals surface area contributed by atoms with Crippen LogP contribution in [0.25, 0.3) is 0 Å². The molecule has 0 bridgehead atoms. The van der Waals surface area contributed by atoms with Gasteiger partial charge in [-0.15, -0.1) is 11.8 Å². The summed E-state index contributed by atoms with van der Waals surface area (Å²) in [6.45, 7) is 11.8. The second-order valence-electron chi connectivity index (χ2n) is 2.81. The van der Waals surface area contributed by atoms with Crippen molar-refractivity contribution in [2.24, 2.45) is 0 Å². The quantitative estimate of drug-likeness (QED) is 0.402. The Bertz CT molecular complexity index is 238. The van der Waals surface area contributed by atoms with Crippen molar-refractivity contribution in [3.05, 3.63) is 36.4 Å². The molecular formula is C11H14CuLi2NO2S. The molecule has 18 heavy (non-hydrogen) atoms. The molecule has 1 aliphatic heterocycles. The maximum atomic E-state index is 6.25. The third kappa shape index (κ3) is 13.3. The van der Waals surface area contributed by atoms with E-state index in [1.54, 1.807) is 11.3 Å². The topological polar surface area (TPSA) is 42.2 Å². The van der Waals surface area contributed by atoms with Crippen molar-refractivity contribution >= 4 is 11.3 Å². The van der Waals surface area contributed by atoms with Crippen molar-refractivity contribution in [1.29, 1.82) is 5.26 Å². The van der Waals surface area contributed by atoms with Crippen LogP contribution in [0.1, 0.15) is 13.3 Å². The van der Waals surface area contributed by atoms with Crippen LogP contribution in [0.3, 0.4) is 0 Å². The maximum absolute atomic E-state index is 6.25. The normalized spacial score (nSPS) is 14.0. The van der Waals surface area contributed by atoms with Gasteiger partial charge in [-0.1, -0.05) is 0 Å². The van der Waals surface area contributed by atoms with Gasteiger partial charge in [0.25, 0.3) is 0 Å². The van der Waals surface area contributed by atoms with Crippen molar-refractivity contribution in [2.45, 2.75) is 19.1 Å². The molecule has 1 aromatic heterocycles. The summed E-state index contributed by atoms with van der Waals surface area (Å²) >= 11 is 1.59. The van der Waals surface area contributed by atoms with Gasteiger partial charge in [-0.05, 0) is 6.92 Å². The van der Waals surface area contributed by atoms with E-state index >= 15 is 0 Å². The summed E-state index contributed by atoms with van der Waals surface area (Å²) in [5.41, 5.74) is 0. The van der Waals surface area contributed by atoms with Gasteiger partial charge in [0, 0.05) is 0 Å². The molecule has 0 saturated carbocycles. The molecule has 0 unspecified atom stereocenters. The molecule has 3 nitrogen and oxygen atoms in total. The van der Waals surface area contributed by atoms with Gasteiger partial charge in [0.05, 0.1) is 13.2 Å². The van der Waals surface area contributed by atoms with Crippen LogP contribution in [-0.4, -0.2) is 19.0 Å². The molecule has 0 amide bonds. The van der Waals surface area contributed by atoms with Gasteiger partial charge >= 0.3 is 54.8 Å². The van der Waals surface area contributed by atoms with Crippen LogP contribution >= 0.6 is 11.3 Å². The van der Waals surface area contributed by atoms with E-state index in [4.69, 9.17) is 21.3 Å². The molecule has 1 aliphatic rings. The van der Waals surface area contributed by atoms with E-state index in [0.29, 0.717) is 19.6 Å². The Labute approximate surface area is 148 Å². The third-order valence-corrected chi connectivity index (χ3v) is 2.30. The van der Waals surface area contributed by atoms with Crippen molar-refractivity contribution in [1.82, 2.24) is 0 Å². The van der Waals surface area contributed by atoms with Gasteiger partial charge in [-0.2, -0.15) is 11.4 Å². The van der Waals surface area contributed by atoms with E-state index in [1.807, 2.05) is 24.4 Å². The number of nitrogens with zero attached hydrogens (tertiary/aromatic N) is 1. The fraction of sp³-hybridized carbons (Fsp3) is 0.455. The van der Waals surface area contributed by atoms with Crippen LogP contribution in [0.2, 0.25) is 0 Å². The molecule has 0 N–H and O–H groups in total. The minimum atomic E-state index is -0.375. The Morgan fingerprint density at radius 3 is 2.06 bits per heavy atom. The monoisotopic (exact) mass is 301 g/mol. The van der Waals surface area contributed by atoms with Crippen LogP contribution in [-0.2, 0) is 26.5 Å². The Morgan fingerprint density at radius 1 is 1.39 bits per heavy atom. The van der Waals surface area contributed by atoms with E-state index in [9.17, 15) is 0 Å². The zero-order chi connectivity index (χ0) is 11.6. The maximum Gasteiger partial charge on any atom is 1.00 e. The Kier molecular flexibility index (Phi) is 26.9. The molecular weight excluding hydrogens is 288 g/mol. The van der Waals surface area contributed by atoms with Crippen LogP contribution in [0, 0.1) is 24.1 Å². The first-order chi connectivity index (χ1) is 7.27. The van der Waals surface area contributed by atoms with E-state index in [-0.39, 0.29) is 60.6 Å². The zero-order valence-electron chi connectivity index (χ0n) is 11.0.